The highest BCUT2D eigenvalue weighted by Crippen LogP contribution is 2.49. The highest BCUT2D eigenvalue weighted by molar-refractivity contribution is 8.02. The number of nitrogens with zero attached hydrogens (tertiary/aromatic N) is 4. The summed E-state index contributed by atoms with van der Waals surface area (Å²) in [6, 6.07) is 2.29. The minimum atomic E-state index is -1.22. The fourth-order valence-electron chi connectivity index (χ4n) is 10.5. The van der Waals surface area contributed by atoms with Crippen LogP contribution in [0.3, 0.4) is 0 Å². The van der Waals surface area contributed by atoms with Gasteiger partial charge in [0.15, 0.2) is 0 Å². The van der Waals surface area contributed by atoms with E-state index in [0.29, 0.717) is 37.4 Å². The fraction of sp³-hybridized carbons (Fsp3) is 0.641. The second-order valence-corrected chi connectivity index (χ2v) is 26.3. The Morgan fingerprint density at radius 3 is 2.32 bits per heavy atom. The Hall–Kier alpha value is -6.39. The first-order valence-corrected chi connectivity index (χ1v) is 32.1. The van der Waals surface area contributed by atoms with Crippen LogP contribution in [-0.4, -0.2) is 227 Å². The predicted molar refractivity (Wildman–Crippen MR) is 343 cm³/mol. The number of anilines is 1. The van der Waals surface area contributed by atoms with Crippen molar-refractivity contribution < 1.29 is 81.0 Å². The van der Waals surface area contributed by atoms with Gasteiger partial charge in [0.05, 0.1) is 69.6 Å². The van der Waals surface area contributed by atoms with E-state index in [-0.39, 0.29) is 144 Å². The van der Waals surface area contributed by atoms with Crippen molar-refractivity contribution in [1.82, 2.24) is 36.0 Å². The molecule has 4 N–H and O–H groups in total. The molecule has 0 radical (unpaired) electrons. The molecule has 0 bridgehead atoms. The van der Waals surface area contributed by atoms with Crippen molar-refractivity contribution in [2.75, 3.05) is 98.9 Å². The molecular weight excluding hydrogens is 1220 g/mol. The quantitative estimate of drug-likeness (QED) is 0.0130. The van der Waals surface area contributed by atoms with Gasteiger partial charge in [-0.2, -0.15) is 0 Å². The first-order chi connectivity index (χ1) is 43.1. The molecule has 4 saturated heterocycles. The van der Waals surface area contributed by atoms with E-state index in [0.717, 1.165) is 22.1 Å². The molecule has 25 nitrogen and oxygen atoms in total. The van der Waals surface area contributed by atoms with Gasteiger partial charge in [-0.25, -0.2) is 9.59 Å². The normalized spacial score (nSPS) is 22.6. The maximum Gasteiger partial charge on any atom is 0.407 e. The van der Waals surface area contributed by atoms with Gasteiger partial charge >= 0.3 is 12.1 Å². The van der Waals surface area contributed by atoms with Crippen LogP contribution in [0.5, 0.6) is 5.75 Å². The van der Waals surface area contributed by atoms with E-state index < -0.39 is 69.7 Å². The van der Waals surface area contributed by atoms with E-state index in [2.05, 4.69) is 34.4 Å². The first kappa shape index (κ1) is 75.3. The zero-order valence-corrected chi connectivity index (χ0v) is 56.3. The van der Waals surface area contributed by atoms with Crippen molar-refractivity contribution in [3.63, 3.8) is 0 Å². The first-order valence-electron chi connectivity index (χ1n) is 30.8. The molecule has 4 aliphatic rings. The number of epoxide rings is 2. The second-order valence-electron chi connectivity index (χ2n) is 24.0. The van der Waals surface area contributed by atoms with Crippen molar-refractivity contribution in [2.45, 2.75) is 165 Å². The number of carbonyl (C=O) groups is 9. The Bertz CT molecular complexity index is 2820. The Labute approximate surface area is 544 Å². The molecule has 4 fully saturated rings. The Balaban J connectivity index is 1.09. The maximum atomic E-state index is 14.5. The summed E-state index contributed by atoms with van der Waals surface area (Å²) in [4.78, 5) is 124. The number of thioether (sulfide) groups is 1. The van der Waals surface area contributed by atoms with Crippen LogP contribution in [0.15, 0.2) is 61.2 Å². The van der Waals surface area contributed by atoms with Crippen LogP contribution in [0.2, 0.25) is 5.02 Å². The van der Waals surface area contributed by atoms with Crippen molar-refractivity contribution in [2.24, 2.45) is 5.92 Å². The molecule has 1 aromatic rings. The second kappa shape index (κ2) is 35.6. The molecule has 8 amide bonds. The van der Waals surface area contributed by atoms with Gasteiger partial charge in [-0.3, -0.25) is 43.8 Å². The van der Waals surface area contributed by atoms with Crippen LogP contribution in [0.1, 0.15) is 99.5 Å². The third-order valence-corrected chi connectivity index (χ3v) is 18.1. The summed E-state index contributed by atoms with van der Waals surface area (Å²) in [5, 5.41) is 10.7. The van der Waals surface area contributed by atoms with Gasteiger partial charge in [-0.15, -0.1) is 18.3 Å². The summed E-state index contributed by atoms with van der Waals surface area (Å²) in [7, 11) is 6.15. The summed E-state index contributed by atoms with van der Waals surface area (Å²) in [5.41, 5.74) is 0.977. The number of halogens is 1. The standard InChI is InChI=1S/C64H95ClN8O17S/c1-15-46-59(87-46)68-23-26-72(25-22-66-51(74)16-2)53(76)21-20-52(75)67-24-28-85-30-31-86-29-27-73-55(78)36-49(60(73)80)91-63(8,9)38-56(79)70(11)43(7)61(81)89-50(64(10)58(90-64)42(6)47-33-40(4)69-62(82)88-47)37-54(77)71(12)45-34-44(35-48(84-14)57(45)65)32-39(3)18-17-19-41(5)83-13/h15-19,34-35,40-43,46-47,49-50,58-59,68H,1-2,20-33,36-38H2,3-14H3,(H,66,74)(H,67,75)(H,69,82)/b19-17+,39-18+/t40-,41+,42-,43+,46?,47+,49?,50+,58+,59?,64+/m1/s1. The number of imide groups is 1. The number of nitrogens with one attached hydrogen (secondary N) is 4. The molecule has 1 aromatic carbocycles. The number of hydrogen-bond donors (Lipinski definition) is 4. The number of hydrogen-bond acceptors (Lipinski definition) is 19. The zero-order chi connectivity index (χ0) is 67.3. The number of carbonyl (C=O) groups excluding carboxylic acids is 9. The molecule has 11 atom stereocenters. The van der Waals surface area contributed by atoms with Crippen molar-refractivity contribution in [3.8, 4) is 5.75 Å². The largest absolute Gasteiger partial charge is 0.495 e. The Morgan fingerprint density at radius 2 is 1.66 bits per heavy atom. The van der Waals surface area contributed by atoms with Crippen LogP contribution in [0.25, 0.3) is 0 Å². The van der Waals surface area contributed by atoms with Crippen LogP contribution in [0, 0.1) is 5.92 Å². The average Bonchev–Trinajstić information content (AvgIpc) is 1.59. The smallest absolute Gasteiger partial charge is 0.407 e. The Morgan fingerprint density at radius 1 is 0.956 bits per heavy atom. The lowest BCUT2D eigenvalue weighted by atomic mass is 9.85. The van der Waals surface area contributed by atoms with Crippen LogP contribution >= 0.6 is 23.4 Å². The van der Waals surface area contributed by atoms with E-state index in [1.54, 1.807) is 58.0 Å². The molecule has 0 aliphatic carbocycles. The molecule has 506 valence electrons. The highest BCUT2D eigenvalue weighted by Gasteiger charge is 2.64. The SMILES string of the molecule is C=CC(=O)NCCN(CCNC1OC1C=C)C(=O)CCC(=O)NCCOCCOCCN1C(=O)CC(SC(C)(C)CC(=O)N(C)[C@@H](C)C(=O)O[C@@H](CC(=O)N(C)c2cc(C/C(C)=C/C=C/[C@H](C)OC)cc(OC)c2Cl)[C@]2(C)O[C@H]2[C@H](C)[C@@H]2C[C@@H](C)NC(=O)O2)C1=O. The van der Waals surface area contributed by atoms with E-state index in [1.165, 1.54) is 42.6 Å². The van der Waals surface area contributed by atoms with E-state index in [4.69, 9.17) is 49.5 Å². The number of amides is 8. The third kappa shape index (κ3) is 23.0. The average molecular weight is 1320 g/mol. The van der Waals surface area contributed by atoms with Crippen molar-refractivity contribution >= 4 is 82.5 Å². The van der Waals surface area contributed by atoms with Gasteiger partial charge in [0.2, 0.25) is 41.4 Å². The summed E-state index contributed by atoms with van der Waals surface area (Å²) >= 11 is 8.07. The minimum Gasteiger partial charge on any atom is -0.495 e. The molecule has 3 unspecified atom stereocenters. The van der Waals surface area contributed by atoms with Gasteiger partial charge in [-0.05, 0) is 64.8 Å². The van der Waals surface area contributed by atoms with Crippen LogP contribution in [-0.2, 0) is 77.9 Å². The van der Waals surface area contributed by atoms with E-state index in [1.807, 2.05) is 45.9 Å². The summed E-state index contributed by atoms with van der Waals surface area (Å²) < 4.78 is 44.9. The third-order valence-electron chi connectivity index (χ3n) is 16.3. The number of methoxy groups -OCH3 is 2. The predicted octanol–water partition coefficient (Wildman–Crippen LogP) is 4.81. The topological polar surface area (TPSA) is 295 Å². The molecule has 4 aliphatic heterocycles. The van der Waals surface area contributed by atoms with Gasteiger partial charge in [0.25, 0.3) is 0 Å². The number of likely N-dealkylation sites (tertiary alicyclic amines) is 1. The number of esters is 1. The highest BCUT2D eigenvalue weighted by atomic mass is 35.5. The number of cyclic esters (lactones) is 1. The lowest BCUT2D eigenvalue weighted by Gasteiger charge is -2.33. The van der Waals surface area contributed by atoms with Gasteiger partial charge in [0.1, 0.15) is 47.0 Å². The number of ether oxygens (including phenoxy) is 8. The van der Waals surface area contributed by atoms with Gasteiger partial charge in [-0.1, -0.05) is 68.8 Å². The molecule has 5 rings (SSSR count). The zero-order valence-electron chi connectivity index (χ0n) is 54.8. The van der Waals surface area contributed by atoms with Crippen LogP contribution < -0.4 is 30.9 Å². The fourth-order valence-corrected chi connectivity index (χ4v) is 12.2. The molecule has 0 saturated carbocycles. The molecular formula is C64H95ClN8O17S. The van der Waals surface area contributed by atoms with E-state index >= 15 is 0 Å². The molecule has 0 aromatic heterocycles. The Kier molecular flexibility index (Phi) is 29.5. The lowest BCUT2D eigenvalue weighted by molar-refractivity contribution is -0.162. The van der Waals surface area contributed by atoms with Crippen LogP contribution in [0.4, 0.5) is 10.5 Å². The lowest BCUT2D eigenvalue weighted by Crippen LogP contribution is -2.49. The summed E-state index contributed by atoms with van der Waals surface area (Å²) in [6.07, 6.45) is 5.85. The number of rotatable bonds is 40. The summed E-state index contributed by atoms with van der Waals surface area (Å²) in [6.45, 7) is 23.6. The van der Waals surface area contributed by atoms with Gasteiger partial charge in [0, 0.05) is 103 Å². The van der Waals surface area contributed by atoms with Crippen molar-refractivity contribution in [1.29, 1.82) is 0 Å². The number of benzene rings is 1. The molecule has 4 heterocycles. The molecule has 91 heavy (non-hydrogen) atoms. The monoisotopic (exact) mass is 1310 g/mol. The van der Waals surface area contributed by atoms with Crippen molar-refractivity contribution in [3.05, 3.63) is 71.8 Å². The number of allylic oxidation sites excluding steroid dienone is 3. The summed E-state index contributed by atoms with van der Waals surface area (Å²) in [5.74, 6) is -3.46. The van der Waals surface area contributed by atoms with Gasteiger partial charge < -0.3 is 68.5 Å². The maximum absolute atomic E-state index is 14.5. The van der Waals surface area contributed by atoms with E-state index in [9.17, 15) is 43.2 Å². The molecule has 0 spiro atoms. The molecule has 27 heteroatoms. The number of alkyl carbamates (subject to hydrolysis) is 1. The minimum absolute atomic E-state index is 0.00587. The number of likely N-dealkylation sites (N-methyl/N-ethyl adjacent to an activating group) is 1.